The summed E-state index contributed by atoms with van der Waals surface area (Å²) in [6, 6.07) is 5.71. The van der Waals surface area contributed by atoms with E-state index in [1.165, 1.54) is 24.2 Å². The summed E-state index contributed by atoms with van der Waals surface area (Å²) in [6.45, 7) is 4.23. The quantitative estimate of drug-likeness (QED) is 0.799. The molecular weight excluding hydrogens is 270 g/mol. The third-order valence-corrected chi connectivity index (χ3v) is 4.13. The first-order chi connectivity index (χ1) is 9.60. The molecule has 5 heteroatoms. The lowest BCUT2D eigenvalue weighted by molar-refractivity contribution is 0.0938. The van der Waals surface area contributed by atoms with Crippen LogP contribution < -0.4 is 11.1 Å². The fourth-order valence-electron chi connectivity index (χ4n) is 2.16. The highest BCUT2D eigenvalue weighted by Crippen LogP contribution is 2.24. The number of anilines is 1. The smallest absolute Gasteiger partial charge is 0.251 e. The van der Waals surface area contributed by atoms with E-state index in [1.807, 2.05) is 12.1 Å². The summed E-state index contributed by atoms with van der Waals surface area (Å²) in [6.07, 6.45) is 4.59. The Morgan fingerprint density at radius 1 is 1.45 bits per heavy atom. The number of nitrogen functional groups attached to an aromatic ring is 1. The Balaban J connectivity index is 1.99. The highest BCUT2D eigenvalue weighted by atomic mass is 32.1. The molecule has 1 heterocycles. The van der Waals surface area contributed by atoms with Gasteiger partial charge in [-0.3, -0.25) is 4.79 Å². The molecule has 2 aromatic rings. The van der Waals surface area contributed by atoms with Crippen LogP contribution in [0.5, 0.6) is 0 Å². The predicted molar refractivity (Wildman–Crippen MR) is 85.1 cm³/mol. The van der Waals surface area contributed by atoms with Gasteiger partial charge in [0.2, 0.25) is 0 Å². The number of fused-ring (bicyclic) bond motifs is 1. The number of hydrogen-bond acceptors (Lipinski definition) is 4. The van der Waals surface area contributed by atoms with Gasteiger partial charge in [-0.25, -0.2) is 4.98 Å². The van der Waals surface area contributed by atoms with Gasteiger partial charge in [-0.15, -0.1) is 0 Å². The van der Waals surface area contributed by atoms with Crippen molar-refractivity contribution in [2.24, 2.45) is 0 Å². The summed E-state index contributed by atoms with van der Waals surface area (Å²) < 4.78 is 0.953. The van der Waals surface area contributed by atoms with Crippen molar-refractivity contribution in [1.29, 1.82) is 0 Å². The minimum atomic E-state index is -0.0251. The lowest BCUT2D eigenvalue weighted by Gasteiger charge is -2.13. The molecule has 0 saturated heterocycles. The zero-order valence-corrected chi connectivity index (χ0v) is 12.8. The topological polar surface area (TPSA) is 68.0 Å². The minimum absolute atomic E-state index is 0.0251. The van der Waals surface area contributed by atoms with Crippen molar-refractivity contribution in [1.82, 2.24) is 10.3 Å². The van der Waals surface area contributed by atoms with Crippen LogP contribution in [-0.4, -0.2) is 16.9 Å². The average molecular weight is 291 g/mol. The van der Waals surface area contributed by atoms with E-state index in [-0.39, 0.29) is 11.9 Å². The largest absolute Gasteiger partial charge is 0.375 e. The van der Waals surface area contributed by atoms with Gasteiger partial charge in [0.15, 0.2) is 5.13 Å². The van der Waals surface area contributed by atoms with Crippen LogP contribution >= 0.6 is 11.3 Å². The lowest BCUT2D eigenvalue weighted by atomic mass is 10.1. The Bertz CT molecular complexity index is 594. The minimum Gasteiger partial charge on any atom is -0.375 e. The molecule has 108 valence electrons. The van der Waals surface area contributed by atoms with Crippen molar-refractivity contribution in [2.45, 2.75) is 45.6 Å². The Morgan fingerprint density at radius 2 is 2.25 bits per heavy atom. The molecule has 3 N–H and O–H groups in total. The van der Waals surface area contributed by atoms with Crippen molar-refractivity contribution >= 4 is 32.6 Å². The fourth-order valence-corrected chi connectivity index (χ4v) is 2.94. The van der Waals surface area contributed by atoms with E-state index in [4.69, 9.17) is 5.73 Å². The maximum Gasteiger partial charge on any atom is 0.251 e. The number of aromatic nitrogens is 1. The SMILES string of the molecule is CCCCCC(C)NC(=O)c1ccc2nc(N)sc2c1. The van der Waals surface area contributed by atoms with Crippen LogP contribution in [0, 0.1) is 0 Å². The molecule has 0 fully saturated rings. The summed E-state index contributed by atoms with van der Waals surface area (Å²) >= 11 is 1.41. The second kappa shape index (κ2) is 6.70. The summed E-state index contributed by atoms with van der Waals surface area (Å²) in [5.41, 5.74) is 7.19. The van der Waals surface area contributed by atoms with Crippen LogP contribution in [0.2, 0.25) is 0 Å². The molecule has 0 bridgehead atoms. The van der Waals surface area contributed by atoms with Gasteiger partial charge in [-0.1, -0.05) is 37.5 Å². The van der Waals surface area contributed by atoms with E-state index < -0.39 is 0 Å². The van der Waals surface area contributed by atoms with Crippen molar-refractivity contribution in [3.63, 3.8) is 0 Å². The first-order valence-corrected chi connectivity index (χ1v) is 7.88. The number of nitrogens with two attached hydrogens (primary N) is 1. The van der Waals surface area contributed by atoms with Crippen LogP contribution in [0.15, 0.2) is 18.2 Å². The van der Waals surface area contributed by atoms with Crippen molar-refractivity contribution in [3.8, 4) is 0 Å². The van der Waals surface area contributed by atoms with E-state index in [9.17, 15) is 4.79 Å². The summed E-state index contributed by atoms with van der Waals surface area (Å²) in [4.78, 5) is 16.4. The van der Waals surface area contributed by atoms with E-state index >= 15 is 0 Å². The number of nitrogens with zero attached hydrogens (tertiary/aromatic N) is 1. The van der Waals surface area contributed by atoms with Crippen LogP contribution in [0.4, 0.5) is 5.13 Å². The van der Waals surface area contributed by atoms with Gasteiger partial charge >= 0.3 is 0 Å². The van der Waals surface area contributed by atoms with Crippen molar-refractivity contribution in [2.75, 3.05) is 5.73 Å². The third kappa shape index (κ3) is 3.70. The number of thiazole rings is 1. The molecule has 1 aromatic heterocycles. The maximum absolute atomic E-state index is 12.2. The van der Waals surface area contributed by atoms with Crippen LogP contribution in [-0.2, 0) is 0 Å². The first-order valence-electron chi connectivity index (χ1n) is 7.07. The normalized spacial score (nSPS) is 12.5. The molecule has 0 aliphatic rings. The Kier molecular flexibility index (Phi) is 4.95. The lowest BCUT2D eigenvalue weighted by Crippen LogP contribution is -2.32. The molecule has 0 aliphatic carbocycles. The standard InChI is InChI=1S/C15H21N3OS/c1-3-4-5-6-10(2)17-14(19)11-7-8-12-13(9-11)20-15(16)18-12/h7-10H,3-6H2,1-2H3,(H2,16,18)(H,17,19). The van der Waals surface area contributed by atoms with Crippen LogP contribution in [0.25, 0.3) is 10.2 Å². The number of carbonyl (C=O) groups excluding carboxylic acids is 1. The first kappa shape index (κ1) is 14.8. The summed E-state index contributed by atoms with van der Waals surface area (Å²) in [5, 5.41) is 3.57. The van der Waals surface area contributed by atoms with Gasteiger partial charge in [-0.2, -0.15) is 0 Å². The fraction of sp³-hybridized carbons (Fsp3) is 0.467. The molecule has 0 spiro atoms. The second-order valence-corrected chi connectivity index (χ2v) is 6.17. The molecule has 1 amide bonds. The summed E-state index contributed by atoms with van der Waals surface area (Å²) in [7, 11) is 0. The number of nitrogens with one attached hydrogen (secondary N) is 1. The molecule has 2 rings (SSSR count). The average Bonchev–Trinajstić information content (AvgIpc) is 2.77. The number of unbranched alkanes of at least 4 members (excludes halogenated alkanes) is 2. The van der Waals surface area contributed by atoms with Gasteiger partial charge in [0.1, 0.15) is 0 Å². The maximum atomic E-state index is 12.2. The number of hydrogen-bond donors (Lipinski definition) is 2. The highest BCUT2D eigenvalue weighted by Gasteiger charge is 2.11. The molecule has 1 atom stereocenters. The molecule has 0 radical (unpaired) electrons. The Hall–Kier alpha value is -1.62. The third-order valence-electron chi connectivity index (χ3n) is 3.29. The second-order valence-electron chi connectivity index (χ2n) is 5.10. The molecular formula is C15H21N3OS. The molecule has 20 heavy (non-hydrogen) atoms. The van der Waals surface area contributed by atoms with Gasteiger partial charge in [0, 0.05) is 11.6 Å². The summed E-state index contributed by atoms with van der Waals surface area (Å²) in [5.74, 6) is -0.0251. The van der Waals surface area contributed by atoms with E-state index in [1.54, 1.807) is 6.07 Å². The zero-order chi connectivity index (χ0) is 14.5. The predicted octanol–water partition coefficient (Wildman–Crippen LogP) is 3.58. The van der Waals surface area contributed by atoms with Crippen LogP contribution in [0.1, 0.15) is 49.9 Å². The number of rotatable bonds is 6. The monoisotopic (exact) mass is 291 g/mol. The van der Waals surface area contributed by atoms with Gasteiger partial charge in [0.25, 0.3) is 5.91 Å². The van der Waals surface area contributed by atoms with Crippen molar-refractivity contribution < 1.29 is 4.79 Å². The Labute approximate surface area is 123 Å². The molecule has 0 saturated carbocycles. The zero-order valence-electron chi connectivity index (χ0n) is 12.0. The number of carbonyl (C=O) groups is 1. The Morgan fingerprint density at radius 3 is 3.00 bits per heavy atom. The van der Waals surface area contributed by atoms with Gasteiger partial charge < -0.3 is 11.1 Å². The molecule has 4 nitrogen and oxygen atoms in total. The van der Waals surface area contributed by atoms with E-state index in [0.29, 0.717) is 10.7 Å². The molecule has 0 aliphatic heterocycles. The molecule has 1 unspecified atom stereocenters. The highest BCUT2D eigenvalue weighted by molar-refractivity contribution is 7.22. The van der Waals surface area contributed by atoms with E-state index in [0.717, 1.165) is 23.1 Å². The van der Waals surface area contributed by atoms with Gasteiger partial charge in [-0.05, 0) is 31.5 Å². The van der Waals surface area contributed by atoms with E-state index in [2.05, 4.69) is 24.1 Å². The molecule has 1 aromatic carbocycles. The number of benzene rings is 1. The number of amides is 1. The van der Waals surface area contributed by atoms with Crippen molar-refractivity contribution in [3.05, 3.63) is 23.8 Å². The van der Waals surface area contributed by atoms with Gasteiger partial charge in [0.05, 0.1) is 10.2 Å². The van der Waals surface area contributed by atoms with Crippen LogP contribution in [0.3, 0.4) is 0 Å².